The van der Waals surface area contributed by atoms with E-state index >= 15 is 0 Å². The lowest BCUT2D eigenvalue weighted by Gasteiger charge is -2.27. The van der Waals surface area contributed by atoms with Crippen molar-refractivity contribution in [2.75, 3.05) is 0 Å². The van der Waals surface area contributed by atoms with Gasteiger partial charge in [-0.1, -0.05) is 74.5 Å². The summed E-state index contributed by atoms with van der Waals surface area (Å²) in [6.07, 6.45) is -0.955. The molecule has 1 amide bonds. The Bertz CT molecular complexity index is 676. The highest BCUT2D eigenvalue weighted by molar-refractivity contribution is 5.87. The average Bonchev–Trinajstić information content (AvgIpc) is 2.62. The lowest BCUT2D eigenvalue weighted by molar-refractivity contribution is -0.144. The van der Waals surface area contributed by atoms with E-state index in [0.29, 0.717) is 0 Å². The Morgan fingerprint density at radius 2 is 1.38 bits per heavy atom. The Balaban J connectivity index is 2.36. The highest BCUT2D eigenvalue weighted by atomic mass is 16.4. The van der Waals surface area contributed by atoms with Crippen LogP contribution in [0.4, 0.5) is 0 Å². The third kappa shape index (κ3) is 5.17. The summed E-state index contributed by atoms with van der Waals surface area (Å²) in [5.74, 6) is -2.25. The van der Waals surface area contributed by atoms with Crippen molar-refractivity contribution in [3.8, 4) is 0 Å². The second-order valence-electron chi connectivity index (χ2n) is 6.77. The third-order valence-electron chi connectivity index (χ3n) is 4.21. The number of nitrogens with one attached hydrogen (secondary N) is 1. The van der Waals surface area contributed by atoms with E-state index < -0.39 is 29.9 Å². The van der Waals surface area contributed by atoms with E-state index in [9.17, 15) is 19.8 Å². The Kier molecular flexibility index (Phi) is 6.92. The van der Waals surface area contributed by atoms with Crippen LogP contribution in [0.25, 0.3) is 0 Å². The van der Waals surface area contributed by atoms with Gasteiger partial charge in [-0.25, -0.2) is 4.79 Å². The Morgan fingerprint density at radius 1 is 0.923 bits per heavy atom. The van der Waals surface area contributed by atoms with Crippen molar-refractivity contribution < 1.29 is 19.8 Å². The number of amides is 1. The van der Waals surface area contributed by atoms with Crippen LogP contribution in [-0.2, 0) is 9.59 Å². The largest absolute Gasteiger partial charge is 0.480 e. The molecule has 0 unspecified atom stereocenters. The van der Waals surface area contributed by atoms with Crippen LogP contribution in [-0.4, -0.2) is 34.2 Å². The van der Waals surface area contributed by atoms with Crippen LogP contribution in [0.15, 0.2) is 60.7 Å². The van der Waals surface area contributed by atoms with E-state index in [1.54, 1.807) is 0 Å². The Morgan fingerprint density at radius 3 is 1.77 bits per heavy atom. The summed E-state index contributed by atoms with van der Waals surface area (Å²) in [4.78, 5) is 24.3. The zero-order valence-electron chi connectivity index (χ0n) is 15.0. The SMILES string of the molecule is CC(C)C[C@H](O)C(=O)N[C@H](C(=O)O)C(c1ccccc1)c1ccccc1. The highest BCUT2D eigenvalue weighted by Gasteiger charge is 2.33. The van der Waals surface area contributed by atoms with Crippen LogP contribution >= 0.6 is 0 Å². The average molecular weight is 355 g/mol. The number of benzene rings is 2. The molecule has 0 heterocycles. The van der Waals surface area contributed by atoms with Crippen molar-refractivity contribution in [2.24, 2.45) is 5.92 Å². The molecule has 2 aromatic rings. The van der Waals surface area contributed by atoms with Gasteiger partial charge in [-0.05, 0) is 23.5 Å². The maximum Gasteiger partial charge on any atom is 0.327 e. The van der Waals surface area contributed by atoms with Gasteiger partial charge >= 0.3 is 5.97 Å². The van der Waals surface area contributed by atoms with E-state index in [-0.39, 0.29) is 12.3 Å². The number of aliphatic hydroxyl groups excluding tert-OH is 1. The first-order valence-corrected chi connectivity index (χ1v) is 8.71. The fourth-order valence-corrected chi connectivity index (χ4v) is 2.99. The molecule has 0 bridgehead atoms. The molecule has 0 radical (unpaired) electrons. The molecule has 3 N–H and O–H groups in total. The Labute approximate surface area is 153 Å². The normalized spacial score (nSPS) is 13.4. The predicted octanol–water partition coefficient (Wildman–Crippen LogP) is 2.79. The molecule has 2 atom stereocenters. The van der Waals surface area contributed by atoms with Crippen LogP contribution in [0.2, 0.25) is 0 Å². The first kappa shape index (κ1) is 19.7. The summed E-state index contributed by atoms with van der Waals surface area (Å²) in [5, 5.41) is 22.3. The number of carbonyl (C=O) groups is 2. The van der Waals surface area contributed by atoms with Gasteiger partial charge in [0.15, 0.2) is 0 Å². The summed E-state index contributed by atoms with van der Waals surface area (Å²) in [6.45, 7) is 3.78. The molecule has 0 fully saturated rings. The molecular formula is C21H25NO4. The first-order chi connectivity index (χ1) is 12.4. The zero-order valence-corrected chi connectivity index (χ0v) is 15.0. The Hall–Kier alpha value is -2.66. The van der Waals surface area contributed by atoms with Crippen molar-refractivity contribution >= 4 is 11.9 Å². The van der Waals surface area contributed by atoms with Gasteiger partial charge in [-0.3, -0.25) is 4.79 Å². The standard InChI is InChI=1S/C21H25NO4/c1-14(2)13-17(23)20(24)22-19(21(25)26)18(15-9-5-3-6-10-15)16-11-7-4-8-12-16/h3-12,14,17-19,23H,13H2,1-2H3,(H,22,24)(H,25,26)/t17-,19-/m0/s1. The van der Waals surface area contributed by atoms with E-state index in [0.717, 1.165) is 11.1 Å². The maximum absolute atomic E-state index is 12.3. The van der Waals surface area contributed by atoms with Crippen molar-refractivity contribution in [1.29, 1.82) is 0 Å². The van der Waals surface area contributed by atoms with Crippen molar-refractivity contribution in [2.45, 2.75) is 38.3 Å². The number of rotatable bonds is 8. The first-order valence-electron chi connectivity index (χ1n) is 8.71. The number of carbonyl (C=O) groups excluding carboxylic acids is 1. The molecule has 0 saturated heterocycles. The van der Waals surface area contributed by atoms with E-state index in [2.05, 4.69) is 5.32 Å². The molecular weight excluding hydrogens is 330 g/mol. The van der Waals surface area contributed by atoms with E-state index in [4.69, 9.17) is 0 Å². The molecule has 26 heavy (non-hydrogen) atoms. The highest BCUT2D eigenvalue weighted by Crippen LogP contribution is 2.28. The van der Waals surface area contributed by atoms with Crippen LogP contribution < -0.4 is 5.32 Å². The molecule has 0 spiro atoms. The fraction of sp³-hybridized carbons (Fsp3) is 0.333. The van der Waals surface area contributed by atoms with Crippen LogP contribution in [0.5, 0.6) is 0 Å². The lowest BCUT2D eigenvalue weighted by Crippen LogP contribution is -2.49. The molecule has 5 nitrogen and oxygen atoms in total. The van der Waals surface area contributed by atoms with Gasteiger partial charge in [0.05, 0.1) is 0 Å². The monoisotopic (exact) mass is 355 g/mol. The van der Waals surface area contributed by atoms with Gasteiger partial charge < -0.3 is 15.5 Å². The van der Waals surface area contributed by atoms with Gasteiger partial charge in [0.1, 0.15) is 12.1 Å². The topological polar surface area (TPSA) is 86.6 Å². The van der Waals surface area contributed by atoms with Gasteiger partial charge in [0.25, 0.3) is 0 Å². The molecule has 0 aliphatic carbocycles. The van der Waals surface area contributed by atoms with Crippen LogP contribution in [0.3, 0.4) is 0 Å². The number of hydrogen-bond donors (Lipinski definition) is 3. The minimum Gasteiger partial charge on any atom is -0.480 e. The number of carboxylic acid groups (broad SMARTS) is 1. The molecule has 2 rings (SSSR count). The number of carboxylic acids is 1. The smallest absolute Gasteiger partial charge is 0.327 e. The maximum atomic E-state index is 12.3. The van der Waals surface area contributed by atoms with Gasteiger partial charge in [0, 0.05) is 5.92 Å². The van der Waals surface area contributed by atoms with Gasteiger partial charge in [-0.2, -0.15) is 0 Å². The predicted molar refractivity (Wildman–Crippen MR) is 99.8 cm³/mol. The quantitative estimate of drug-likeness (QED) is 0.680. The molecule has 0 aliphatic heterocycles. The van der Waals surface area contributed by atoms with Crippen LogP contribution in [0.1, 0.15) is 37.3 Å². The van der Waals surface area contributed by atoms with Crippen molar-refractivity contribution in [3.63, 3.8) is 0 Å². The zero-order chi connectivity index (χ0) is 19.1. The second-order valence-corrected chi connectivity index (χ2v) is 6.77. The molecule has 0 aliphatic rings. The third-order valence-corrected chi connectivity index (χ3v) is 4.21. The summed E-state index contributed by atoms with van der Waals surface area (Å²) in [6, 6.07) is 17.2. The van der Waals surface area contributed by atoms with Crippen molar-refractivity contribution in [3.05, 3.63) is 71.8 Å². The van der Waals surface area contributed by atoms with Crippen LogP contribution in [0, 0.1) is 5.92 Å². The van der Waals surface area contributed by atoms with Gasteiger partial charge in [-0.15, -0.1) is 0 Å². The molecule has 138 valence electrons. The minimum atomic E-state index is -1.23. The molecule has 0 saturated carbocycles. The lowest BCUT2D eigenvalue weighted by atomic mass is 9.84. The molecule has 2 aromatic carbocycles. The van der Waals surface area contributed by atoms with Gasteiger partial charge in [0.2, 0.25) is 5.91 Å². The minimum absolute atomic E-state index is 0.123. The number of hydrogen-bond acceptors (Lipinski definition) is 3. The van der Waals surface area contributed by atoms with E-state index in [1.807, 2.05) is 74.5 Å². The molecule has 0 aromatic heterocycles. The summed E-state index contributed by atoms with van der Waals surface area (Å²) in [7, 11) is 0. The molecule has 5 heteroatoms. The van der Waals surface area contributed by atoms with Crippen molar-refractivity contribution in [1.82, 2.24) is 5.32 Å². The summed E-state index contributed by atoms with van der Waals surface area (Å²) in [5.41, 5.74) is 1.56. The van der Waals surface area contributed by atoms with E-state index in [1.165, 1.54) is 0 Å². The second kappa shape index (κ2) is 9.15. The fourth-order valence-electron chi connectivity index (χ4n) is 2.99. The number of aliphatic carboxylic acids is 1. The summed E-state index contributed by atoms with van der Waals surface area (Å²) >= 11 is 0. The number of aliphatic hydroxyl groups is 1. The summed E-state index contributed by atoms with van der Waals surface area (Å²) < 4.78 is 0.